The highest BCUT2D eigenvalue weighted by molar-refractivity contribution is 5.69. The van der Waals surface area contributed by atoms with Gasteiger partial charge in [-0.05, 0) is 13.3 Å². The van der Waals surface area contributed by atoms with Crippen molar-refractivity contribution < 1.29 is 0 Å². The number of H-pyrrole nitrogens is 1. The van der Waals surface area contributed by atoms with E-state index in [-0.39, 0.29) is 12.1 Å². The number of nitriles is 1. The fraction of sp³-hybridized carbons (Fsp3) is 0.455. The lowest BCUT2D eigenvalue weighted by Gasteiger charge is -2.07. The van der Waals surface area contributed by atoms with E-state index in [1.807, 2.05) is 13.0 Å². The zero-order valence-corrected chi connectivity index (χ0v) is 10.2. The third-order valence-electron chi connectivity index (χ3n) is 2.66. The maximum atomic E-state index is 12.1. The number of nitrogens with zero attached hydrogens (tertiary/aromatic N) is 4. The summed E-state index contributed by atoms with van der Waals surface area (Å²) >= 11 is 0. The van der Waals surface area contributed by atoms with Crippen LogP contribution in [-0.2, 0) is 13.1 Å². The van der Waals surface area contributed by atoms with Crippen LogP contribution in [0.25, 0.3) is 11.2 Å². The van der Waals surface area contributed by atoms with Crippen LogP contribution in [0.4, 0.5) is 0 Å². The van der Waals surface area contributed by atoms with Crippen LogP contribution in [0.3, 0.4) is 0 Å². The fourth-order valence-electron chi connectivity index (χ4n) is 1.92. The molecule has 2 rings (SSSR count). The van der Waals surface area contributed by atoms with E-state index >= 15 is 0 Å². The summed E-state index contributed by atoms with van der Waals surface area (Å²) in [4.78, 5) is 31.2. The summed E-state index contributed by atoms with van der Waals surface area (Å²) in [6, 6.07) is 1.82. The highest BCUT2D eigenvalue weighted by Gasteiger charge is 2.15. The van der Waals surface area contributed by atoms with E-state index in [1.54, 1.807) is 6.92 Å². The first-order valence-corrected chi connectivity index (χ1v) is 5.67. The van der Waals surface area contributed by atoms with Crippen molar-refractivity contribution in [3.8, 4) is 6.07 Å². The van der Waals surface area contributed by atoms with Crippen molar-refractivity contribution in [2.24, 2.45) is 0 Å². The Labute approximate surface area is 102 Å². The average molecular weight is 247 g/mol. The molecule has 0 atom stereocenters. The molecule has 0 spiro atoms. The van der Waals surface area contributed by atoms with Gasteiger partial charge in [0.15, 0.2) is 5.65 Å². The topological polar surface area (TPSA) is 96.5 Å². The average Bonchev–Trinajstić information content (AvgIpc) is 2.72. The molecule has 0 unspecified atom stereocenters. The van der Waals surface area contributed by atoms with Gasteiger partial charge in [-0.1, -0.05) is 6.92 Å². The number of aromatic amines is 1. The molecule has 0 saturated heterocycles. The molecule has 7 heteroatoms. The SMILES string of the molecule is CCCn1c(=O)n(CC#N)c(=O)c2[nH]c(C)nc21. The standard InChI is InChI=1S/C11H13N5O2/c1-3-5-15-9-8(13-7(2)14-9)10(17)16(6-4-12)11(15)18/h3,5-6H2,1-2H3,(H,13,14). The smallest absolute Gasteiger partial charge is 0.333 e. The van der Waals surface area contributed by atoms with Crippen LogP contribution in [0.2, 0.25) is 0 Å². The predicted molar refractivity (Wildman–Crippen MR) is 65.3 cm³/mol. The maximum Gasteiger partial charge on any atom is 0.333 e. The third-order valence-corrected chi connectivity index (χ3v) is 2.66. The number of rotatable bonds is 3. The number of hydrogen-bond donors (Lipinski definition) is 1. The van der Waals surface area contributed by atoms with Gasteiger partial charge in [0.25, 0.3) is 5.56 Å². The summed E-state index contributed by atoms with van der Waals surface area (Å²) < 4.78 is 2.35. The monoisotopic (exact) mass is 247 g/mol. The first-order valence-electron chi connectivity index (χ1n) is 5.67. The fourth-order valence-corrected chi connectivity index (χ4v) is 1.92. The van der Waals surface area contributed by atoms with Crippen LogP contribution in [-0.4, -0.2) is 19.1 Å². The molecule has 0 aliphatic heterocycles. The Morgan fingerprint density at radius 1 is 1.39 bits per heavy atom. The van der Waals surface area contributed by atoms with E-state index in [0.717, 1.165) is 11.0 Å². The van der Waals surface area contributed by atoms with Gasteiger partial charge < -0.3 is 4.98 Å². The van der Waals surface area contributed by atoms with Gasteiger partial charge in [-0.2, -0.15) is 5.26 Å². The zero-order valence-electron chi connectivity index (χ0n) is 10.2. The van der Waals surface area contributed by atoms with Crippen molar-refractivity contribution in [1.82, 2.24) is 19.1 Å². The van der Waals surface area contributed by atoms with Crippen molar-refractivity contribution in [2.75, 3.05) is 0 Å². The van der Waals surface area contributed by atoms with Gasteiger partial charge in [0.1, 0.15) is 17.9 Å². The Hall–Kier alpha value is -2.36. The molecule has 0 aliphatic carbocycles. The number of aryl methyl sites for hydroxylation is 2. The molecule has 0 amide bonds. The van der Waals surface area contributed by atoms with Crippen molar-refractivity contribution in [2.45, 2.75) is 33.4 Å². The lowest BCUT2D eigenvalue weighted by molar-refractivity contribution is 0.596. The van der Waals surface area contributed by atoms with E-state index in [1.165, 1.54) is 4.57 Å². The molecular formula is C11H13N5O2. The second-order valence-corrected chi connectivity index (χ2v) is 4.00. The van der Waals surface area contributed by atoms with Gasteiger partial charge in [-0.25, -0.2) is 14.3 Å². The number of imidazole rings is 1. The first-order chi connectivity index (χ1) is 8.60. The molecule has 1 N–H and O–H groups in total. The maximum absolute atomic E-state index is 12.1. The molecular weight excluding hydrogens is 234 g/mol. The van der Waals surface area contributed by atoms with Gasteiger partial charge in [0.05, 0.1) is 6.07 Å². The summed E-state index contributed by atoms with van der Waals surface area (Å²) in [7, 11) is 0. The highest BCUT2D eigenvalue weighted by Crippen LogP contribution is 2.05. The van der Waals surface area contributed by atoms with Gasteiger partial charge >= 0.3 is 5.69 Å². The minimum Gasteiger partial charge on any atom is -0.336 e. The van der Waals surface area contributed by atoms with Crippen molar-refractivity contribution in [3.05, 3.63) is 26.7 Å². The molecule has 2 aromatic rings. The number of hydrogen-bond acceptors (Lipinski definition) is 4. The first kappa shape index (κ1) is 12.1. The molecule has 18 heavy (non-hydrogen) atoms. The molecule has 0 saturated carbocycles. The van der Waals surface area contributed by atoms with E-state index in [0.29, 0.717) is 18.0 Å². The summed E-state index contributed by atoms with van der Waals surface area (Å²) in [5.74, 6) is 0.570. The summed E-state index contributed by atoms with van der Waals surface area (Å²) in [6.07, 6.45) is 0.742. The van der Waals surface area contributed by atoms with Crippen LogP contribution >= 0.6 is 0 Å². The number of fused-ring (bicyclic) bond motifs is 1. The second-order valence-electron chi connectivity index (χ2n) is 4.00. The molecule has 0 radical (unpaired) electrons. The van der Waals surface area contributed by atoms with Gasteiger partial charge in [-0.15, -0.1) is 0 Å². The molecule has 0 aliphatic rings. The number of aromatic nitrogens is 4. The van der Waals surface area contributed by atoms with Crippen LogP contribution < -0.4 is 11.2 Å². The summed E-state index contributed by atoms with van der Waals surface area (Å²) in [5.41, 5.74) is -0.346. The lowest BCUT2D eigenvalue weighted by atomic mass is 10.4. The van der Waals surface area contributed by atoms with Crippen LogP contribution in [0.15, 0.2) is 9.59 Å². The predicted octanol–water partition coefficient (Wildman–Crippen LogP) is 0.128. The Morgan fingerprint density at radius 3 is 2.72 bits per heavy atom. The third kappa shape index (κ3) is 1.72. The van der Waals surface area contributed by atoms with E-state index < -0.39 is 11.2 Å². The quantitative estimate of drug-likeness (QED) is 0.833. The Bertz CT molecular complexity index is 744. The molecule has 94 valence electrons. The minimum absolute atomic E-state index is 0.255. The normalized spacial score (nSPS) is 10.7. The molecule has 0 aromatic carbocycles. The Morgan fingerprint density at radius 2 is 2.11 bits per heavy atom. The Kier molecular flexibility index (Phi) is 3.02. The van der Waals surface area contributed by atoms with Gasteiger partial charge in [0.2, 0.25) is 0 Å². The van der Waals surface area contributed by atoms with Gasteiger partial charge in [0, 0.05) is 6.54 Å². The van der Waals surface area contributed by atoms with E-state index in [4.69, 9.17) is 5.26 Å². The second kappa shape index (κ2) is 4.49. The van der Waals surface area contributed by atoms with E-state index in [9.17, 15) is 9.59 Å². The van der Waals surface area contributed by atoms with Crippen LogP contribution in [0.1, 0.15) is 19.2 Å². The zero-order chi connectivity index (χ0) is 13.3. The van der Waals surface area contributed by atoms with Gasteiger partial charge in [-0.3, -0.25) is 9.36 Å². The van der Waals surface area contributed by atoms with Crippen molar-refractivity contribution in [3.63, 3.8) is 0 Å². The van der Waals surface area contributed by atoms with Crippen LogP contribution in [0, 0.1) is 18.3 Å². The molecule has 2 aromatic heterocycles. The summed E-state index contributed by atoms with van der Waals surface area (Å²) in [6.45, 7) is 3.85. The largest absolute Gasteiger partial charge is 0.336 e. The minimum atomic E-state index is -0.496. The van der Waals surface area contributed by atoms with E-state index in [2.05, 4.69) is 9.97 Å². The Balaban J connectivity index is 2.92. The van der Waals surface area contributed by atoms with Crippen LogP contribution in [0.5, 0.6) is 0 Å². The molecule has 2 heterocycles. The highest BCUT2D eigenvalue weighted by atomic mass is 16.2. The number of nitrogens with one attached hydrogen (secondary N) is 1. The molecule has 7 nitrogen and oxygen atoms in total. The summed E-state index contributed by atoms with van der Waals surface area (Å²) in [5, 5.41) is 8.68. The lowest BCUT2D eigenvalue weighted by Crippen LogP contribution is -2.40. The molecule has 0 bridgehead atoms. The molecule has 0 fully saturated rings. The van der Waals surface area contributed by atoms with Crippen molar-refractivity contribution >= 4 is 11.2 Å². The van der Waals surface area contributed by atoms with Crippen molar-refractivity contribution in [1.29, 1.82) is 5.26 Å².